The fraction of sp³-hybridized carbons (Fsp3) is 0.333. The molecule has 16 heavy (non-hydrogen) atoms. The van der Waals surface area contributed by atoms with Crippen molar-refractivity contribution >= 4 is 11.6 Å². The normalized spacial score (nSPS) is 17.2. The molecule has 0 spiro atoms. The summed E-state index contributed by atoms with van der Waals surface area (Å²) in [5.41, 5.74) is 1.40. The van der Waals surface area contributed by atoms with Crippen LogP contribution >= 0.6 is 0 Å². The first-order valence-electron chi connectivity index (χ1n) is 5.20. The summed E-state index contributed by atoms with van der Waals surface area (Å²) >= 11 is 0. The molecule has 1 fully saturated rings. The van der Waals surface area contributed by atoms with Crippen LogP contribution in [0.2, 0.25) is 0 Å². The van der Waals surface area contributed by atoms with Crippen molar-refractivity contribution in [3.8, 4) is 6.07 Å². The van der Waals surface area contributed by atoms with Crippen LogP contribution in [-0.2, 0) is 4.79 Å². The van der Waals surface area contributed by atoms with Gasteiger partial charge >= 0.3 is 0 Å². The minimum absolute atomic E-state index is 0.0869. The molecule has 1 aromatic rings. The molecular weight excluding hydrogens is 202 g/mol. The fourth-order valence-corrected chi connectivity index (χ4v) is 1.81. The van der Waals surface area contributed by atoms with E-state index in [1.807, 2.05) is 18.0 Å². The Labute approximate surface area is 94.7 Å². The second kappa shape index (κ2) is 4.33. The van der Waals surface area contributed by atoms with E-state index >= 15 is 0 Å². The average molecular weight is 215 g/mol. The molecular formula is C12H13N3O. The van der Waals surface area contributed by atoms with Crippen LogP contribution in [0.15, 0.2) is 24.3 Å². The Morgan fingerprint density at radius 1 is 1.38 bits per heavy atom. The number of benzene rings is 1. The third-order valence-corrected chi connectivity index (χ3v) is 2.70. The Morgan fingerprint density at radius 2 is 2.19 bits per heavy atom. The maximum atomic E-state index is 11.8. The summed E-state index contributed by atoms with van der Waals surface area (Å²) in [4.78, 5) is 15.5. The smallest absolute Gasteiger partial charge is 0.241 e. The Kier molecular flexibility index (Phi) is 2.88. The Balaban J connectivity index is 2.24. The molecule has 0 N–H and O–H groups in total. The van der Waals surface area contributed by atoms with Crippen LogP contribution in [0.25, 0.3) is 0 Å². The lowest BCUT2D eigenvalue weighted by molar-refractivity contribution is -0.120. The van der Waals surface area contributed by atoms with Crippen LogP contribution < -0.4 is 4.90 Å². The Bertz CT molecular complexity index is 450. The molecule has 1 aliphatic rings. The Hall–Kier alpha value is -1.86. The first kappa shape index (κ1) is 10.7. The first-order chi connectivity index (χ1) is 7.70. The van der Waals surface area contributed by atoms with E-state index in [9.17, 15) is 4.79 Å². The molecule has 1 aliphatic heterocycles. The molecule has 1 aromatic carbocycles. The van der Waals surface area contributed by atoms with Gasteiger partial charge in [0, 0.05) is 18.8 Å². The van der Waals surface area contributed by atoms with Crippen molar-refractivity contribution in [2.45, 2.75) is 0 Å². The topological polar surface area (TPSA) is 47.3 Å². The lowest BCUT2D eigenvalue weighted by Gasteiger charge is -2.32. The lowest BCUT2D eigenvalue weighted by atomic mass is 10.2. The zero-order valence-electron chi connectivity index (χ0n) is 9.18. The highest BCUT2D eigenvalue weighted by Gasteiger charge is 2.22. The van der Waals surface area contributed by atoms with E-state index in [0.717, 1.165) is 12.2 Å². The van der Waals surface area contributed by atoms with Crippen molar-refractivity contribution in [3.63, 3.8) is 0 Å². The number of hydrogen-bond acceptors (Lipinski definition) is 3. The van der Waals surface area contributed by atoms with Crippen molar-refractivity contribution in [1.29, 1.82) is 5.26 Å². The van der Waals surface area contributed by atoms with Gasteiger partial charge < -0.3 is 4.90 Å². The van der Waals surface area contributed by atoms with Gasteiger partial charge in [0.05, 0.1) is 18.2 Å². The first-order valence-corrected chi connectivity index (χ1v) is 5.20. The van der Waals surface area contributed by atoms with E-state index in [1.165, 1.54) is 0 Å². The maximum Gasteiger partial charge on any atom is 0.241 e. The molecule has 82 valence electrons. The van der Waals surface area contributed by atoms with Crippen molar-refractivity contribution in [2.24, 2.45) is 0 Å². The number of carbonyl (C=O) groups is 1. The molecule has 1 heterocycles. The molecule has 4 nitrogen and oxygen atoms in total. The van der Waals surface area contributed by atoms with Gasteiger partial charge in [-0.2, -0.15) is 5.26 Å². The number of likely N-dealkylation sites (N-methyl/N-ethyl adjacent to an activating group) is 1. The average Bonchev–Trinajstić information content (AvgIpc) is 2.29. The summed E-state index contributed by atoms with van der Waals surface area (Å²) in [6, 6.07) is 9.25. The molecule has 1 amide bonds. The van der Waals surface area contributed by atoms with Crippen LogP contribution in [0, 0.1) is 11.3 Å². The third-order valence-electron chi connectivity index (χ3n) is 2.70. The molecule has 0 aromatic heterocycles. The summed E-state index contributed by atoms with van der Waals surface area (Å²) in [5.74, 6) is 0.0869. The summed E-state index contributed by atoms with van der Waals surface area (Å²) in [6.07, 6.45) is 0. The van der Waals surface area contributed by atoms with E-state index in [1.54, 1.807) is 23.1 Å². The molecule has 0 aliphatic carbocycles. The quantitative estimate of drug-likeness (QED) is 0.697. The van der Waals surface area contributed by atoms with E-state index < -0.39 is 0 Å². The van der Waals surface area contributed by atoms with Crippen molar-refractivity contribution in [1.82, 2.24) is 4.90 Å². The predicted molar refractivity (Wildman–Crippen MR) is 61.0 cm³/mol. The van der Waals surface area contributed by atoms with Gasteiger partial charge in [-0.15, -0.1) is 0 Å². The zero-order valence-corrected chi connectivity index (χ0v) is 9.18. The highest BCUT2D eigenvalue weighted by atomic mass is 16.2. The monoisotopic (exact) mass is 215 g/mol. The van der Waals surface area contributed by atoms with Gasteiger partial charge in [0.15, 0.2) is 0 Å². The van der Waals surface area contributed by atoms with Gasteiger partial charge in [-0.05, 0) is 25.2 Å². The number of hydrogen-bond donors (Lipinski definition) is 0. The van der Waals surface area contributed by atoms with E-state index in [4.69, 9.17) is 5.26 Å². The predicted octanol–water partition coefficient (Wildman–Crippen LogP) is 0.837. The second-order valence-electron chi connectivity index (χ2n) is 3.95. The number of carbonyl (C=O) groups excluding carboxylic acids is 1. The number of piperazine rings is 1. The number of anilines is 1. The molecule has 1 saturated heterocycles. The van der Waals surface area contributed by atoms with Crippen LogP contribution in [0.4, 0.5) is 5.69 Å². The SMILES string of the molecule is CN1CCN(c2cccc(C#N)c2)C(=O)C1. The molecule has 0 unspecified atom stereocenters. The summed E-state index contributed by atoms with van der Waals surface area (Å²) in [5, 5.41) is 8.81. The lowest BCUT2D eigenvalue weighted by Crippen LogP contribution is -2.48. The largest absolute Gasteiger partial charge is 0.310 e. The number of nitrogens with zero attached hydrogens (tertiary/aromatic N) is 3. The number of rotatable bonds is 1. The Morgan fingerprint density at radius 3 is 2.88 bits per heavy atom. The molecule has 0 saturated carbocycles. The van der Waals surface area contributed by atoms with Gasteiger partial charge in [-0.25, -0.2) is 0 Å². The highest BCUT2D eigenvalue weighted by molar-refractivity contribution is 5.95. The van der Waals surface area contributed by atoms with Gasteiger partial charge in [0.2, 0.25) is 5.91 Å². The minimum atomic E-state index is 0.0869. The molecule has 4 heteroatoms. The summed E-state index contributed by atoms with van der Waals surface area (Å²) in [7, 11) is 1.93. The van der Waals surface area contributed by atoms with E-state index in [2.05, 4.69) is 6.07 Å². The minimum Gasteiger partial charge on any atom is -0.310 e. The molecule has 0 radical (unpaired) electrons. The summed E-state index contributed by atoms with van der Waals surface area (Å²) in [6.45, 7) is 1.99. The highest BCUT2D eigenvalue weighted by Crippen LogP contribution is 2.18. The van der Waals surface area contributed by atoms with Crippen molar-refractivity contribution in [2.75, 3.05) is 31.6 Å². The van der Waals surface area contributed by atoms with Gasteiger partial charge in [-0.1, -0.05) is 6.07 Å². The molecule has 0 atom stereocenters. The van der Waals surface area contributed by atoms with Crippen LogP contribution in [-0.4, -0.2) is 37.5 Å². The van der Waals surface area contributed by atoms with Gasteiger partial charge in [-0.3, -0.25) is 9.69 Å². The van der Waals surface area contributed by atoms with Crippen LogP contribution in [0.3, 0.4) is 0 Å². The second-order valence-corrected chi connectivity index (χ2v) is 3.95. The van der Waals surface area contributed by atoms with Crippen LogP contribution in [0.5, 0.6) is 0 Å². The standard InChI is InChI=1S/C12H13N3O/c1-14-5-6-15(12(16)9-14)11-4-2-3-10(7-11)8-13/h2-4,7H,5-6,9H2,1H3. The maximum absolute atomic E-state index is 11.8. The number of nitriles is 1. The van der Waals surface area contributed by atoms with E-state index in [0.29, 0.717) is 18.7 Å². The van der Waals surface area contributed by atoms with Gasteiger partial charge in [0.25, 0.3) is 0 Å². The summed E-state index contributed by atoms with van der Waals surface area (Å²) < 4.78 is 0. The number of amides is 1. The van der Waals surface area contributed by atoms with Crippen LogP contribution in [0.1, 0.15) is 5.56 Å². The fourth-order valence-electron chi connectivity index (χ4n) is 1.81. The van der Waals surface area contributed by atoms with Crippen molar-refractivity contribution < 1.29 is 4.79 Å². The molecule has 2 rings (SSSR count). The van der Waals surface area contributed by atoms with E-state index in [-0.39, 0.29) is 5.91 Å². The third kappa shape index (κ3) is 2.05. The molecule has 0 bridgehead atoms. The van der Waals surface area contributed by atoms with Gasteiger partial charge in [0.1, 0.15) is 0 Å². The zero-order chi connectivity index (χ0) is 11.5. The van der Waals surface area contributed by atoms with Crippen molar-refractivity contribution in [3.05, 3.63) is 29.8 Å².